The molecule has 0 radical (unpaired) electrons. The summed E-state index contributed by atoms with van der Waals surface area (Å²) in [6.45, 7) is 0. The van der Waals surface area contributed by atoms with Crippen molar-refractivity contribution in [1.82, 2.24) is 0 Å². The summed E-state index contributed by atoms with van der Waals surface area (Å²) in [5, 5.41) is 0. The lowest BCUT2D eigenvalue weighted by Crippen LogP contribution is -2.32. The minimum atomic E-state index is -3.60. The molecule has 0 bridgehead atoms. The predicted octanol–water partition coefficient (Wildman–Crippen LogP) is 2.03. The van der Waals surface area contributed by atoms with E-state index in [1.165, 1.54) is 12.1 Å². The van der Waals surface area contributed by atoms with Gasteiger partial charge in [-0.1, -0.05) is 28.1 Å². The number of primary amides is 1. The second kappa shape index (κ2) is 3.41. The fraction of sp³-hybridized carbons (Fsp3) is 0.125. The van der Waals surface area contributed by atoms with E-state index in [2.05, 4.69) is 21.7 Å². The highest BCUT2D eigenvalue weighted by Crippen LogP contribution is 2.28. The van der Waals surface area contributed by atoms with Crippen LogP contribution in [0.25, 0.3) is 0 Å². The van der Waals surface area contributed by atoms with Crippen molar-refractivity contribution in [2.75, 3.05) is 0 Å². The number of carbonyl (C=O) groups excluding carboxylic acids is 1. The number of alkyl halides is 2. The average molecular weight is 250 g/mol. The van der Waals surface area contributed by atoms with Crippen molar-refractivity contribution in [3.05, 3.63) is 34.3 Å². The molecule has 0 atom stereocenters. The summed E-state index contributed by atoms with van der Waals surface area (Å²) in [5.41, 5.74) is 4.14. The van der Waals surface area contributed by atoms with E-state index in [-0.39, 0.29) is 0 Å². The number of hydrogen-bond acceptors (Lipinski definition) is 1. The van der Waals surface area contributed by atoms with E-state index in [4.69, 9.17) is 0 Å². The first-order chi connectivity index (χ1) is 5.94. The molecular formula is C8H6BrF2NO. The largest absolute Gasteiger partial charge is 0.364 e. The zero-order chi connectivity index (χ0) is 10.1. The summed E-state index contributed by atoms with van der Waals surface area (Å²) in [6, 6.07) is 5.14. The second-order valence-electron chi connectivity index (χ2n) is 2.45. The van der Waals surface area contributed by atoms with Gasteiger partial charge in [-0.05, 0) is 12.1 Å². The molecule has 1 amide bonds. The molecule has 0 unspecified atom stereocenters. The molecule has 0 heterocycles. The highest BCUT2D eigenvalue weighted by molar-refractivity contribution is 9.10. The molecule has 0 saturated heterocycles. The molecule has 70 valence electrons. The maximum absolute atomic E-state index is 12.9. The quantitative estimate of drug-likeness (QED) is 0.857. The van der Waals surface area contributed by atoms with Crippen LogP contribution in [0.1, 0.15) is 5.56 Å². The average Bonchev–Trinajstić information content (AvgIpc) is 2.04. The van der Waals surface area contributed by atoms with E-state index in [9.17, 15) is 13.6 Å². The van der Waals surface area contributed by atoms with E-state index in [1.807, 2.05) is 0 Å². The summed E-state index contributed by atoms with van der Waals surface area (Å²) in [4.78, 5) is 10.4. The van der Waals surface area contributed by atoms with Crippen LogP contribution in [0.5, 0.6) is 0 Å². The lowest BCUT2D eigenvalue weighted by Gasteiger charge is -2.11. The number of carbonyl (C=O) groups is 1. The van der Waals surface area contributed by atoms with Gasteiger partial charge in [0.2, 0.25) is 0 Å². The third-order valence-electron chi connectivity index (χ3n) is 1.52. The Bertz CT molecular complexity index is 323. The number of halogens is 3. The topological polar surface area (TPSA) is 43.1 Å². The summed E-state index contributed by atoms with van der Waals surface area (Å²) in [5.74, 6) is -5.24. The van der Waals surface area contributed by atoms with Gasteiger partial charge in [0.15, 0.2) is 0 Å². The number of amides is 1. The van der Waals surface area contributed by atoms with Crippen molar-refractivity contribution < 1.29 is 13.6 Å². The zero-order valence-corrected chi connectivity index (χ0v) is 8.01. The molecule has 0 aliphatic heterocycles. The van der Waals surface area contributed by atoms with Crippen LogP contribution in [0.3, 0.4) is 0 Å². The fourth-order valence-corrected chi connectivity index (χ4v) is 1.07. The molecule has 0 aliphatic rings. The Morgan fingerprint density at radius 1 is 1.31 bits per heavy atom. The molecule has 5 heteroatoms. The number of rotatable bonds is 2. The standard InChI is InChI=1S/C8H6BrF2NO/c9-6-3-1-5(2-4-6)8(10,11)7(12)13/h1-4H,(H2,12,13). The van der Waals surface area contributed by atoms with Crippen LogP contribution in [0.15, 0.2) is 28.7 Å². The first-order valence-electron chi connectivity index (χ1n) is 3.38. The Balaban J connectivity index is 3.08. The van der Waals surface area contributed by atoms with Gasteiger partial charge in [-0.3, -0.25) is 4.79 Å². The number of benzene rings is 1. The second-order valence-corrected chi connectivity index (χ2v) is 3.36. The molecule has 2 nitrogen and oxygen atoms in total. The first-order valence-corrected chi connectivity index (χ1v) is 4.17. The SMILES string of the molecule is NC(=O)C(F)(F)c1ccc(Br)cc1. The number of nitrogens with two attached hydrogens (primary N) is 1. The maximum Gasteiger partial charge on any atom is 0.349 e. The lowest BCUT2D eigenvalue weighted by atomic mass is 10.1. The molecule has 1 aromatic carbocycles. The van der Waals surface area contributed by atoms with Crippen LogP contribution in [0.2, 0.25) is 0 Å². The van der Waals surface area contributed by atoms with Crippen LogP contribution < -0.4 is 5.73 Å². The molecule has 1 aromatic rings. The van der Waals surface area contributed by atoms with E-state index in [0.717, 1.165) is 12.1 Å². The Hall–Kier alpha value is -0.970. The number of hydrogen-bond donors (Lipinski definition) is 1. The van der Waals surface area contributed by atoms with Gasteiger partial charge in [0.05, 0.1) is 0 Å². The lowest BCUT2D eigenvalue weighted by molar-refractivity contribution is -0.143. The van der Waals surface area contributed by atoms with Crippen LogP contribution in [-0.2, 0) is 10.7 Å². The summed E-state index contributed by atoms with van der Waals surface area (Å²) >= 11 is 3.09. The molecular weight excluding hydrogens is 244 g/mol. The van der Waals surface area contributed by atoms with Gasteiger partial charge in [0.1, 0.15) is 0 Å². The smallest absolute Gasteiger partial charge is 0.349 e. The Morgan fingerprint density at radius 3 is 2.15 bits per heavy atom. The van der Waals surface area contributed by atoms with Crippen molar-refractivity contribution >= 4 is 21.8 Å². The van der Waals surface area contributed by atoms with E-state index >= 15 is 0 Å². The Labute approximate surface area is 81.9 Å². The minimum absolute atomic E-state index is 0.400. The van der Waals surface area contributed by atoms with E-state index < -0.39 is 17.4 Å². The molecule has 0 spiro atoms. The van der Waals surface area contributed by atoms with Crippen molar-refractivity contribution in [3.63, 3.8) is 0 Å². The monoisotopic (exact) mass is 249 g/mol. The van der Waals surface area contributed by atoms with E-state index in [0.29, 0.717) is 4.47 Å². The van der Waals surface area contributed by atoms with Crippen molar-refractivity contribution in [3.8, 4) is 0 Å². The third kappa shape index (κ3) is 2.03. The van der Waals surface area contributed by atoms with Crippen molar-refractivity contribution in [2.24, 2.45) is 5.73 Å². The van der Waals surface area contributed by atoms with Gasteiger partial charge >= 0.3 is 5.92 Å². The van der Waals surface area contributed by atoms with Gasteiger partial charge in [-0.2, -0.15) is 8.78 Å². The first kappa shape index (κ1) is 10.1. The Kier molecular flexibility index (Phi) is 2.66. The van der Waals surface area contributed by atoms with Crippen molar-refractivity contribution in [2.45, 2.75) is 5.92 Å². The highest BCUT2D eigenvalue weighted by Gasteiger charge is 2.38. The highest BCUT2D eigenvalue weighted by atomic mass is 79.9. The van der Waals surface area contributed by atoms with Crippen molar-refractivity contribution in [1.29, 1.82) is 0 Å². The molecule has 0 saturated carbocycles. The maximum atomic E-state index is 12.9. The molecule has 1 rings (SSSR count). The Morgan fingerprint density at radius 2 is 1.77 bits per heavy atom. The molecule has 0 fully saturated rings. The fourth-order valence-electron chi connectivity index (χ4n) is 0.801. The summed E-state index contributed by atoms with van der Waals surface area (Å²) < 4.78 is 26.5. The molecule has 0 aliphatic carbocycles. The summed E-state index contributed by atoms with van der Waals surface area (Å²) in [7, 11) is 0. The van der Waals surface area contributed by atoms with Gasteiger partial charge in [0.25, 0.3) is 5.91 Å². The third-order valence-corrected chi connectivity index (χ3v) is 2.04. The predicted molar refractivity (Wildman–Crippen MR) is 47.2 cm³/mol. The van der Waals surface area contributed by atoms with Crippen LogP contribution in [-0.4, -0.2) is 5.91 Å². The zero-order valence-electron chi connectivity index (χ0n) is 6.43. The van der Waals surface area contributed by atoms with Gasteiger partial charge in [-0.15, -0.1) is 0 Å². The normalized spacial score (nSPS) is 11.3. The minimum Gasteiger partial charge on any atom is -0.364 e. The molecule has 0 aromatic heterocycles. The summed E-state index contributed by atoms with van der Waals surface area (Å²) in [6.07, 6.45) is 0. The molecule has 2 N–H and O–H groups in total. The van der Waals surface area contributed by atoms with Gasteiger partial charge in [-0.25, -0.2) is 0 Å². The van der Waals surface area contributed by atoms with Crippen LogP contribution in [0.4, 0.5) is 8.78 Å². The van der Waals surface area contributed by atoms with Crippen LogP contribution in [0, 0.1) is 0 Å². The van der Waals surface area contributed by atoms with Crippen LogP contribution >= 0.6 is 15.9 Å². The van der Waals surface area contributed by atoms with Gasteiger partial charge in [0, 0.05) is 10.0 Å². The van der Waals surface area contributed by atoms with Gasteiger partial charge < -0.3 is 5.73 Å². The molecule has 13 heavy (non-hydrogen) atoms. The van der Waals surface area contributed by atoms with E-state index in [1.54, 1.807) is 0 Å².